The molecule has 0 aliphatic carbocycles. The highest BCUT2D eigenvalue weighted by atomic mass is 35.5. The van der Waals surface area contributed by atoms with Crippen molar-refractivity contribution >= 4 is 40.9 Å². The number of amidine groups is 2. The van der Waals surface area contributed by atoms with Crippen LogP contribution in [0, 0.1) is 11.6 Å². The van der Waals surface area contributed by atoms with Crippen LogP contribution >= 0.6 is 11.6 Å². The number of likely N-dealkylation sites (N-methyl/N-ethyl adjacent to an activating group) is 2. The number of fused-ring (bicyclic) bond motifs is 1. The molecule has 3 heterocycles. The number of halogens is 3. The number of urea groups is 1. The van der Waals surface area contributed by atoms with E-state index >= 15 is 0 Å². The molecule has 11 heteroatoms. The molecular weight excluding hydrogens is 490 g/mol. The van der Waals surface area contributed by atoms with Gasteiger partial charge in [-0.3, -0.25) is 19.5 Å². The number of aliphatic imine (C=N–C) groups is 1. The highest BCUT2D eigenvalue weighted by Crippen LogP contribution is 2.25. The van der Waals surface area contributed by atoms with Crippen LogP contribution in [0.3, 0.4) is 0 Å². The molecule has 0 bridgehead atoms. The lowest BCUT2D eigenvalue weighted by molar-refractivity contribution is -0.552. The Hall–Kier alpha value is -3.37. The number of hydrogen-bond donors (Lipinski definition) is 0. The fourth-order valence-electron chi connectivity index (χ4n) is 4.83. The Morgan fingerprint density at radius 3 is 2.36 bits per heavy atom. The van der Waals surface area contributed by atoms with Gasteiger partial charge < -0.3 is 4.90 Å². The highest BCUT2D eigenvalue weighted by molar-refractivity contribution is 6.31. The molecule has 0 saturated carbocycles. The van der Waals surface area contributed by atoms with Gasteiger partial charge in [-0.2, -0.15) is 0 Å². The van der Waals surface area contributed by atoms with Gasteiger partial charge in [0.2, 0.25) is 0 Å². The summed E-state index contributed by atoms with van der Waals surface area (Å²) in [5.41, 5.74) is 1.23. The minimum absolute atomic E-state index is 0.0374. The van der Waals surface area contributed by atoms with E-state index in [1.54, 1.807) is 29.8 Å². The number of piperazine rings is 1. The van der Waals surface area contributed by atoms with Gasteiger partial charge >= 0.3 is 11.9 Å². The molecule has 0 radical (unpaired) electrons. The molecule has 2 fully saturated rings. The maximum atomic E-state index is 14.7. The smallest absolute Gasteiger partial charge is 0.333 e. The molecule has 3 aliphatic heterocycles. The molecule has 2 aromatic carbocycles. The number of rotatable bonds is 5. The van der Waals surface area contributed by atoms with E-state index in [0.717, 1.165) is 23.7 Å². The quantitative estimate of drug-likeness (QED) is 0.574. The highest BCUT2D eigenvalue weighted by Gasteiger charge is 2.53. The van der Waals surface area contributed by atoms with Gasteiger partial charge in [0.15, 0.2) is 0 Å². The third-order valence-corrected chi connectivity index (χ3v) is 7.29. The van der Waals surface area contributed by atoms with E-state index in [4.69, 9.17) is 16.6 Å². The summed E-state index contributed by atoms with van der Waals surface area (Å²) in [6, 6.07) is 9.59. The number of carbonyl (C=O) groups excluding carboxylic acids is 2. The van der Waals surface area contributed by atoms with Crippen molar-refractivity contribution in [2.45, 2.75) is 12.6 Å². The van der Waals surface area contributed by atoms with E-state index < -0.39 is 23.8 Å². The summed E-state index contributed by atoms with van der Waals surface area (Å²) in [4.78, 5) is 37.2. The van der Waals surface area contributed by atoms with Crippen LogP contribution in [0.1, 0.15) is 5.56 Å². The summed E-state index contributed by atoms with van der Waals surface area (Å²) in [7, 11) is 3.01. The molecule has 1 atom stereocenters. The number of hydrogen-bond acceptors (Lipinski definition) is 5. The maximum absolute atomic E-state index is 14.7. The van der Waals surface area contributed by atoms with Gasteiger partial charge in [-0.1, -0.05) is 17.7 Å². The minimum Gasteiger partial charge on any atom is -0.369 e. The Kier molecular flexibility index (Phi) is 6.48. The number of nitrogens with zero attached hydrogens (tertiary/aromatic N) is 6. The molecule has 3 aliphatic rings. The van der Waals surface area contributed by atoms with Crippen molar-refractivity contribution in [3.63, 3.8) is 0 Å². The number of carbonyl (C=O) groups is 2. The minimum atomic E-state index is -0.844. The van der Waals surface area contributed by atoms with Crippen LogP contribution < -0.4 is 4.90 Å². The normalized spacial score (nSPS) is 20.9. The number of anilines is 1. The van der Waals surface area contributed by atoms with Gasteiger partial charge in [-0.15, -0.1) is 0 Å². The largest absolute Gasteiger partial charge is 0.369 e. The second-order valence-corrected chi connectivity index (χ2v) is 9.50. The van der Waals surface area contributed by atoms with E-state index in [1.165, 1.54) is 36.2 Å². The zero-order chi connectivity index (χ0) is 25.6. The summed E-state index contributed by atoms with van der Waals surface area (Å²) in [6.07, 6.45) is 0. The number of benzene rings is 2. The Bertz CT molecular complexity index is 1250. The Morgan fingerprint density at radius 1 is 1.00 bits per heavy atom. The van der Waals surface area contributed by atoms with Crippen LogP contribution in [0.25, 0.3) is 0 Å². The fourth-order valence-corrected chi connectivity index (χ4v) is 5.05. The molecule has 0 N–H and O–H groups in total. The molecule has 188 valence electrons. The van der Waals surface area contributed by atoms with E-state index in [0.29, 0.717) is 31.3 Å². The van der Waals surface area contributed by atoms with Crippen molar-refractivity contribution in [1.82, 2.24) is 14.7 Å². The average molecular weight is 516 g/mol. The van der Waals surface area contributed by atoms with Gasteiger partial charge in [0.1, 0.15) is 24.7 Å². The van der Waals surface area contributed by atoms with Gasteiger partial charge in [0.05, 0.1) is 5.02 Å². The van der Waals surface area contributed by atoms with Crippen LogP contribution in [0.2, 0.25) is 5.02 Å². The molecule has 2 saturated heterocycles. The molecule has 5 rings (SSSR count). The molecule has 36 heavy (non-hydrogen) atoms. The third-order valence-electron chi connectivity index (χ3n) is 6.93. The molecule has 1 unspecified atom stereocenters. The molecule has 0 aromatic heterocycles. The summed E-state index contributed by atoms with van der Waals surface area (Å²) in [5, 5.41) is 0.261. The monoisotopic (exact) mass is 515 g/mol. The molecular formula is C25H26ClF2N6O2+. The summed E-state index contributed by atoms with van der Waals surface area (Å²) in [5.74, 6) is -0.248. The van der Waals surface area contributed by atoms with Crippen molar-refractivity contribution in [2.75, 3.05) is 51.7 Å². The first-order chi connectivity index (χ1) is 17.2. The van der Waals surface area contributed by atoms with Gasteiger partial charge in [0, 0.05) is 51.5 Å². The summed E-state index contributed by atoms with van der Waals surface area (Å²) < 4.78 is 29.7. The zero-order valence-corrected chi connectivity index (χ0v) is 20.8. The van der Waals surface area contributed by atoms with E-state index in [2.05, 4.69) is 9.80 Å². The van der Waals surface area contributed by atoms with E-state index in [9.17, 15) is 18.4 Å². The topological polar surface area (TPSA) is 62.5 Å². The van der Waals surface area contributed by atoms with Crippen LogP contribution in [-0.2, 0) is 11.3 Å². The van der Waals surface area contributed by atoms with Crippen molar-refractivity contribution in [3.05, 3.63) is 64.7 Å². The molecule has 2 aromatic rings. The fraction of sp³-hybridized carbons (Fsp3) is 0.360. The Morgan fingerprint density at radius 2 is 1.69 bits per heavy atom. The van der Waals surface area contributed by atoms with Crippen molar-refractivity contribution < 1.29 is 22.9 Å². The van der Waals surface area contributed by atoms with Crippen LogP contribution in [0.15, 0.2) is 47.5 Å². The SMILES string of the molecule is CN1C(=O)C2C(=NC(CN3CCN(c4ccc(F)cc4)CC3)=[N+]2Cc2c(F)cccc2Cl)N(C)C1=O. The number of imide groups is 1. The summed E-state index contributed by atoms with van der Waals surface area (Å²) >= 11 is 6.31. The van der Waals surface area contributed by atoms with Gasteiger partial charge in [-0.05, 0) is 41.4 Å². The first-order valence-electron chi connectivity index (χ1n) is 11.7. The lowest BCUT2D eigenvalue weighted by atomic mass is 10.1. The first kappa shape index (κ1) is 24.3. The van der Waals surface area contributed by atoms with Crippen molar-refractivity contribution in [2.24, 2.45) is 4.99 Å². The van der Waals surface area contributed by atoms with Crippen molar-refractivity contribution in [1.29, 1.82) is 0 Å². The Labute approximate surface area is 212 Å². The lowest BCUT2D eigenvalue weighted by Gasteiger charge is -2.35. The summed E-state index contributed by atoms with van der Waals surface area (Å²) in [6.45, 7) is 3.36. The average Bonchev–Trinajstić information content (AvgIpc) is 3.22. The predicted molar refractivity (Wildman–Crippen MR) is 133 cm³/mol. The first-order valence-corrected chi connectivity index (χ1v) is 12.0. The Balaban J connectivity index is 1.41. The predicted octanol–water partition coefficient (Wildman–Crippen LogP) is 2.66. The standard InChI is InChI=1S/C25H26ClF2N6O2/c1-30-23-22(24(35)31(2)25(30)36)34(14-18-19(26)4-3-5-20(18)28)21(29-23)15-32-10-12-33(13-11-32)17-8-6-16(27)7-9-17/h3-9,22H,10-15H2,1-2H3/q+1. The second-order valence-electron chi connectivity index (χ2n) is 9.10. The molecule has 8 nitrogen and oxygen atoms in total. The number of amides is 3. The van der Waals surface area contributed by atoms with Crippen molar-refractivity contribution in [3.8, 4) is 0 Å². The van der Waals surface area contributed by atoms with Crippen LogP contribution in [-0.4, -0.2) is 95.7 Å². The maximum Gasteiger partial charge on any atom is 0.333 e. The third kappa shape index (κ3) is 4.35. The lowest BCUT2D eigenvalue weighted by Crippen LogP contribution is -2.61. The van der Waals surface area contributed by atoms with E-state index in [-0.39, 0.29) is 22.9 Å². The van der Waals surface area contributed by atoms with Gasteiger partial charge in [-0.25, -0.2) is 18.2 Å². The van der Waals surface area contributed by atoms with Crippen LogP contribution in [0.5, 0.6) is 0 Å². The van der Waals surface area contributed by atoms with Gasteiger partial charge in [0.25, 0.3) is 17.8 Å². The molecule has 3 amide bonds. The second kappa shape index (κ2) is 9.59. The van der Waals surface area contributed by atoms with E-state index in [1.807, 2.05) is 0 Å². The van der Waals surface area contributed by atoms with Crippen LogP contribution in [0.4, 0.5) is 19.3 Å². The zero-order valence-electron chi connectivity index (χ0n) is 20.0. The molecule has 0 spiro atoms.